The average molecular weight is 226 g/mol. The van der Waals surface area contributed by atoms with Crippen molar-refractivity contribution >= 4 is 17.1 Å². The average Bonchev–Trinajstić information content (AvgIpc) is 2.46. The number of ketones is 1. The molecule has 0 spiro atoms. The van der Waals surface area contributed by atoms with E-state index in [-0.39, 0.29) is 11.2 Å². The van der Waals surface area contributed by atoms with Crippen molar-refractivity contribution in [2.45, 2.75) is 34.2 Å². The van der Waals surface area contributed by atoms with Crippen LogP contribution in [-0.4, -0.2) is 17.8 Å². The van der Waals surface area contributed by atoms with E-state index in [1.165, 1.54) is 11.3 Å². The zero-order valence-electron chi connectivity index (χ0n) is 9.97. The van der Waals surface area contributed by atoms with Gasteiger partial charge in [0.1, 0.15) is 0 Å². The van der Waals surface area contributed by atoms with Gasteiger partial charge in [-0.2, -0.15) is 0 Å². The second-order valence-corrected chi connectivity index (χ2v) is 5.72. The lowest BCUT2D eigenvalue weighted by Gasteiger charge is -2.13. The van der Waals surface area contributed by atoms with Crippen molar-refractivity contribution in [2.24, 2.45) is 5.41 Å². The van der Waals surface area contributed by atoms with Gasteiger partial charge in [-0.25, -0.2) is 4.98 Å². The molecule has 0 fully saturated rings. The summed E-state index contributed by atoms with van der Waals surface area (Å²) in [6, 6.07) is 0. The number of hydrogen-bond acceptors (Lipinski definition) is 4. The molecule has 0 saturated carbocycles. The topological polar surface area (TPSA) is 42.0 Å². The zero-order chi connectivity index (χ0) is 11.6. The van der Waals surface area contributed by atoms with Crippen molar-refractivity contribution in [3.63, 3.8) is 0 Å². The predicted octanol–water partition coefficient (Wildman–Crippen LogP) is 2.40. The molecule has 0 aliphatic carbocycles. The van der Waals surface area contributed by atoms with E-state index in [1.807, 2.05) is 34.7 Å². The van der Waals surface area contributed by atoms with E-state index in [0.717, 1.165) is 17.1 Å². The van der Waals surface area contributed by atoms with Gasteiger partial charge in [0.25, 0.3) is 0 Å². The number of rotatable bonds is 3. The Balaban J connectivity index is 2.97. The summed E-state index contributed by atoms with van der Waals surface area (Å²) in [6.07, 6.45) is 0. The van der Waals surface area contributed by atoms with Crippen molar-refractivity contribution in [3.05, 3.63) is 15.6 Å². The van der Waals surface area contributed by atoms with Crippen molar-refractivity contribution in [1.29, 1.82) is 0 Å². The van der Waals surface area contributed by atoms with Crippen LogP contribution in [-0.2, 0) is 6.54 Å². The predicted molar refractivity (Wildman–Crippen MR) is 63.4 cm³/mol. The summed E-state index contributed by atoms with van der Waals surface area (Å²) in [5.41, 5.74) is 0.614. The molecule has 0 bridgehead atoms. The summed E-state index contributed by atoms with van der Waals surface area (Å²) in [4.78, 5) is 17.4. The van der Waals surface area contributed by atoms with Crippen LogP contribution < -0.4 is 5.32 Å². The molecule has 15 heavy (non-hydrogen) atoms. The number of Topliss-reactive ketones (excluding diaryl/α,β-unsaturated/α-hetero) is 1. The molecule has 1 aromatic rings. The van der Waals surface area contributed by atoms with Gasteiger partial charge in [-0.3, -0.25) is 4.79 Å². The molecule has 0 aliphatic rings. The Kier molecular flexibility index (Phi) is 3.62. The number of hydrogen-bond donors (Lipinski definition) is 1. The van der Waals surface area contributed by atoms with Crippen LogP contribution in [0.3, 0.4) is 0 Å². The Hall–Kier alpha value is -0.740. The van der Waals surface area contributed by atoms with Gasteiger partial charge in [-0.15, -0.1) is 11.3 Å². The van der Waals surface area contributed by atoms with Crippen LogP contribution in [0.25, 0.3) is 0 Å². The lowest BCUT2D eigenvalue weighted by atomic mass is 9.91. The number of aromatic nitrogens is 1. The third-order valence-corrected chi connectivity index (χ3v) is 3.26. The Morgan fingerprint density at radius 1 is 1.47 bits per heavy atom. The smallest absolute Gasteiger partial charge is 0.196 e. The maximum absolute atomic E-state index is 12.0. The molecular weight excluding hydrogens is 208 g/mol. The molecule has 0 aliphatic heterocycles. The summed E-state index contributed by atoms with van der Waals surface area (Å²) in [6.45, 7) is 8.49. The number of aryl methyl sites for hydroxylation is 1. The van der Waals surface area contributed by atoms with Gasteiger partial charge < -0.3 is 5.32 Å². The van der Waals surface area contributed by atoms with Gasteiger partial charge >= 0.3 is 0 Å². The fraction of sp³-hybridized carbons (Fsp3) is 0.636. The molecule has 0 atom stereocenters. The maximum Gasteiger partial charge on any atom is 0.196 e. The lowest BCUT2D eigenvalue weighted by molar-refractivity contribution is 0.0858. The summed E-state index contributed by atoms with van der Waals surface area (Å²) in [7, 11) is 1.89. The fourth-order valence-electron chi connectivity index (χ4n) is 1.17. The highest BCUT2D eigenvalue weighted by Crippen LogP contribution is 2.25. The highest BCUT2D eigenvalue weighted by Gasteiger charge is 2.26. The van der Waals surface area contributed by atoms with Crippen LogP contribution >= 0.6 is 11.3 Å². The summed E-state index contributed by atoms with van der Waals surface area (Å²) in [5.74, 6) is 0.123. The molecule has 1 aromatic heterocycles. The minimum Gasteiger partial charge on any atom is -0.315 e. The monoisotopic (exact) mass is 226 g/mol. The number of nitrogens with zero attached hydrogens (tertiary/aromatic N) is 1. The van der Waals surface area contributed by atoms with E-state index in [1.54, 1.807) is 0 Å². The van der Waals surface area contributed by atoms with Gasteiger partial charge in [-0.05, 0) is 14.0 Å². The number of carbonyl (C=O) groups excluding carboxylic acids is 1. The highest BCUT2D eigenvalue weighted by atomic mass is 32.1. The summed E-state index contributed by atoms with van der Waals surface area (Å²) in [5, 5.41) is 3.70. The largest absolute Gasteiger partial charge is 0.315 e. The van der Waals surface area contributed by atoms with Gasteiger partial charge in [0.05, 0.1) is 5.69 Å². The molecule has 0 amide bonds. The van der Waals surface area contributed by atoms with Gasteiger partial charge in [0.15, 0.2) is 10.8 Å². The zero-order valence-corrected chi connectivity index (χ0v) is 10.8. The fourth-order valence-corrected chi connectivity index (χ4v) is 2.40. The lowest BCUT2D eigenvalue weighted by Crippen LogP contribution is -2.19. The normalized spacial score (nSPS) is 11.8. The molecule has 84 valence electrons. The maximum atomic E-state index is 12.0. The second kappa shape index (κ2) is 4.41. The van der Waals surface area contributed by atoms with Crippen LogP contribution in [0.2, 0.25) is 0 Å². The molecular formula is C11H18N2OS. The third kappa shape index (κ3) is 2.86. The molecule has 1 heterocycles. The molecule has 0 aromatic carbocycles. The first-order valence-corrected chi connectivity index (χ1v) is 5.83. The van der Waals surface area contributed by atoms with E-state index in [4.69, 9.17) is 0 Å². The molecule has 1 rings (SSSR count). The SMILES string of the molecule is CNCc1sc(C(=O)C(C)(C)C)nc1C. The van der Waals surface area contributed by atoms with E-state index in [0.29, 0.717) is 5.01 Å². The number of thiazole rings is 1. The molecule has 4 heteroatoms. The van der Waals surface area contributed by atoms with Gasteiger partial charge in [0.2, 0.25) is 0 Å². The molecule has 3 nitrogen and oxygen atoms in total. The first kappa shape index (κ1) is 12.3. The van der Waals surface area contributed by atoms with Crippen LogP contribution in [0.15, 0.2) is 0 Å². The van der Waals surface area contributed by atoms with E-state index in [2.05, 4.69) is 10.3 Å². The minimum absolute atomic E-state index is 0.123. The number of nitrogens with one attached hydrogen (secondary N) is 1. The Morgan fingerprint density at radius 3 is 2.53 bits per heavy atom. The van der Waals surface area contributed by atoms with Crippen LogP contribution in [0.4, 0.5) is 0 Å². The minimum atomic E-state index is -0.346. The third-order valence-electron chi connectivity index (χ3n) is 2.11. The Morgan fingerprint density at radius 2 is 2.07 bits per heavy atom. The summed E-state index contributed by atoms with van der Waals surface area (Å²) >= 11 is 1.50. The second-order valence-electron chi connectivity index (χ2n) is 4.64. The van der Waals surface area contributed by atoms with Crippen molar-refractivity contribution < 1.29 is 4.79 Å². The van der Waals surface area contributed by atoms with Crippen LogP contribution in [0, 0.1) is 12.3 Å². The van der Waals surface area contributed by atoms with E-state index < -0.39 is 0 Å². The van der Waals surface area contributed by atoms with Crippen molar-refractivity contribution in [1.82, 2.24) is 10.3 Å². The van der Waals surface area contributed by atoms with Crippen LogP contribution in [0.1, 0.15) is 41.1 Å². The molecule has 0 radical (unpaired) electrons. The molecule has 0 unspecified atom stereocenters. The quantitative estimate of drug-likeness (QED) is 0.805. The molecule has 1 N–H and O–H groups in total. The van der Waals surface area contributed by atoms with Crippen molar-refractivity contribution in [2.75, 3.05) is 7.05 Å². The number of carbonyl (C=O) groups is 1. The Bertz CT molecular complexity index is 363. The van der Waals surface area contributed by atoms with Crippen LogP contribution in [0.5, 0.6) is 0 Å². The summed E-state index contributed by atoms with van der Waals surface area (Å²) < 4.78 is 0. The Labute approximate surface area is 94.9 Å². The van der Waals surface area contributed by atoms with Gasteiger partial charge in [0, 0.05) is 16.8 Å². The van der Waals surface area contributed by atoms with Gasteiger partial charge in [-0.1, -0.05) is 20.8 Å². The first-order valence-electron chi connectivity index (χ1n) is 5.02. The molecule has 0 saturated heterocycles. The standard InChI is InChI=1S/C11H18N2OS/c1-7-8(6-12-5)15-10(13-7)9(14)11(2,3)4/h12H,6H2,1-5H3. The van der Waals surface area contributed by atoms with Crippen molar-refractivity contribution in [3.8, 4) is 0 Å². The highest BCUT2D eigenvalue weighted by molar-refractivity contribution is 7.13. The first-order chi connectivity index (χ1) is 6.86. The van der Waals surface area contributed by atoms with E-state index >= 15 is 0 Å². The van der Waals surface area contributed by atoms with E-state index in [9.17, 15) is 4.79 Å².